The third kappa shape index (κ3) is 3.39. The number of methoxy groups -OCH3 is 3. The number of hydrogen-bond acceptors (Lipinski definition) is 5. The Labute approximate surface area is 114 Å². The summed E-state index contributed by atoms with van der Waals surface area (Å²) < 4.78 is 16.1. The maximum atomic E-state index is 5.62. The van der Waals surface area contributed by atoms with E-state index in [4.69, 9.17) is 20.1 Å². The molecule has 0 saturated heterocycles. The normalized spacial score (nSPS) is 11.8. The van der Waals surface area contributed by atoms with Crippen molar-refractivity contribution in [2.75, 3.05) is 21.3 Å². The minimum Gasteiger partial charge on any atom is -0.493 e. The van der Waals surface area contributed by atoms with Gasteiger partial charge in [0.1, 0.15) is 0 Å². The Morgan fingerprint density at radius 1 is 1.21 bits per heavy atom. The molecule has 0 bridgehead atoms. The first-order valence-electron chi connectivity index (χ1n) is 6.09. The Morgan fingerprint density at radius 2 is 1.89 bits per heavy atom. The molecule has 0 aliphatic heterocycles. The van der Waals surface area contributed by atoms with Crippen LogP contribution >= 0.6 is 0 Å². The van der Waals surface area contributed by atoms with Crippen LogP contribution < -0.4 is 25.5 Å². The lowest BCUT2D eigenvalue weighted by Crippen LogP contribution is -2.28. The monoisotopic (exact) mass is 266 g/mol. The van der Waals surface area contributed by atoms with E-state index in [-0.39, 0.29) is 6.04 Å². The van der Waals surface area contributed by atoms with Gasteiger partial charge in [-0.3, -0.25) is 11.3 Å². The molecule has 0 spiro atoms. The van der Waals surface area contributed by atoms with Crippen LogP contribution in [0.2, 0.25) is 0 Å². The average molecular weight is 266 g/mol. The zero-order valence-electron chi connectivity index (χ0n) is 11.7. The van der Waals surface area contributed by atoms with E-state index in [1.165, 1.54) is 0 Å². The lowest BCUT2D eigenvalue weighted by molar-refractivity contribution is 0.318. The largest absolute Gasteiger partial charge is 0.493 e. The Kier molecular flexibility index (Phi) is 6.18. The van der Waals surface area contributed by atoms with Gasteiger partial charge in [0.2, 0.25) is 5.75 Å². The molecule has 1 aromatic carbocycles. The number of hydrogen-bond donors (Lipinski definition) is 2. The van der Waals surface area contributed by atoms with Crippen molar-refractivity contribution in [1.29, 1.82) is 0 Å². The molecule has 0 amide bonds. The molecule has 5 nitrogen and oxygen atoms in total. The van der Waals surface area contributed by atoms with E-state index in [0.29, 0.717) is 17.2 Å². The molecule has 0 aliphatic rings. The highest BCUT2D eigenvalue weighted by atomic mass is 16.5. The number of allylic oxidation sites excluding steroid dienone is 1. The molecule has 0 saturated carbocycles. The molecule has 3 N–H and O–H groups in total. The quantitative estimate of drug-likeness (QED) is 0.429. The number of rotatable bonds is 8. The van der Waals surface area contributed by atoms with Gasteiger partial charge in [-0.2, -0.15) is 0 Å². The van der Waals surface area contributed by atoms with Crippen molar-refractivity contribution in [3.05, 3.63) is 30.4 Å². The van der Waals surface area contributed by atoms with Crippen molar-refractivity contribution in [3.8, 4) is 17.2 Å². The molecule has 106 valence electrons. The van der Waals surface area contributed by atoms with Crippen LogP contribution in [0.5, 0.6) is 17.2 Å². The first-order chi connectivity index (χ1) is 9.23. The van der Waals surface area contributed by atoms with E-state index in [2.05, 4.69) is 12.0 Å². The molecule has 0 aromatic heterocycles. The third-order valence-electron chi connectivity index (χ3n) is 2.97. The Bertz CT molecular complexity index is 421. The van der Waals surface area contributed by atoms with Crippen LogP contribution in [0.3, 0.4) is 0 Å². The zero-order chi connectivity index (χ0) is 14.3. The molecule has 0 radical (unpaired) electrons. The molecular formula is C14H22N2O3. The number of nitrogens with one attached hydrogen (secondary N) is 1. The number of benzene rings is 1. The highest BCUT2D eigenvalue weighted by molar-refractivity contribution is 5.56. The molecule has 19 heavy (non-hydrogen) atoms. The van der Waals surface area contributed by atoms with Crippen LogP contribution in [0.4, 0.5) is 0 Å². The summed E-state index contributed by atoms with van der Waals surface area (Å²) in [5.41, 5.74) is 3.73. The third-order valence-corrected chi connectivity index (χ3v) is 2.97. The molecule has 5 heteroatoms. The first-order valence-corrected chi connectivity index (χ1v) is 6.09. The molecule has 0 aliphatic carbocycles. The number of nitrogens with two attached hydrogens (primary N) is 1. The van der Waals surface area contributed by atoms with Gasteiger partial charge in [0, 0.05) is 5.56 Å². The van der Waals surface area contributed by atoms with Crippen molar-refractivity contribution in [3.63, 3.8) is 0 Å². The van der Waals surface area contributed by atoms with Crippen LogP contribution in [0.25, 0.3) is 0 Å². The summed E-state index contributed by atoms with van der Waals surface area (Å²) in [6, 6.07) is 3.73. The predicted molar refractivity (Wildman–Crippen MR) is 75.6 cm³/mol. The maximum Gasteiger partial charge on any atom is 0.203 e. The molecule has 1 unspecified atom stereocenters. The van der Waals surface area contributed by atoms with Gasteiger partial charge in [0.15, 0.2) is 11.5 Å². The van der Waals surface area contributed by atoms with Crippen molar-refractivity contribution >= 4 is 0 Å². The van der Waals surface area contributed by atoms with E-state index < -0.39 is 0 Å². The molecule has 1 rings (SSSR count). The SMILES string of the molecule is C=CCCC(NN)c1ccc(OC)c(OC)c1OC. The van der Waals surface area contributed by atoms with Crippen LogP contribution in [0.1, 0.15) is 24.4 Å². The molecular weight excluding hydrogens is 244 g/mol. The summed E-state index contributed by atoms with van der Waals surface area (Å²) in [6.45, 7) is 3.72. The van der Waals surface area contributed by atoms with Gasteiger partial charge in [-0.1, -0.05) is 6.08 Å². The van der Waals surface area contributed by atoms with Gasteiger partial charge in [0.25, 0.3) is 0 Å². The van der Waals surface area contributed by atoms with Gasteiger partial charge in [-0.05, 0) is 25.0 Å². The van der Waals surface area contributed by atoms with Crippen LogP contribution in [-0.2, 0) is 0 Å². The van der Waals surface area contributed by atoms with Crippen molar-refractivity contribution < 1.29 is 14.2 Å². The number of ether oxygens (including phenoxy) is 3. The summed E-state index contributed by atoms with van der Waals surface area (Å²) in [7, 11) is 4.77. The maximum absolute atomic E-state index is 5.62. The summed E-state index contributed by atoms with van der Waals surface area (Å²) in [4.78, 5) is 0. The van der Waals surface area contributed by atoms with Crippen molar-refractivity contribution in [2.24, 2.45) is 5.84 Å². The zero-order valence-corrected chi connectivity index (χ0v) is 11.7. The van der Waals surface area contributed by atoms with Crippen LogP contribution in [0, 0.1) is 0 Å². The van der Waals surface area contributed by atoms with E-state index in [1.807, 2.05) is 18.2 Å². The standard InChI is InChI=1S/C14H22N2O3/c1-5-6-7-11(16-15)10-8-9-12(17-2)14(19-4)13(10)18-3/h5,8-9,11,16H,1,6-7,15H2,2-4H3. The minimum atomic E-state index is -0.0345. The Hall–Kier alpha value is -1.72. The highest BCUT2D eigenvalue weighted by Crippen LogP contribution is 2.42. The topological polar surface area (TPSA) is 65.7 Å². The average Bonchev–Trinajstić information content (AvgIpc) is 2.46. The second kappa shape index (κ2) is 7.66. The minimum absolute atomic E-state index is 0.0345. The van der Waals surface area contributed by atoms with Gasteiger partial charge in [-0.25, -0.2) is 0 Å². The van der Waals surface area contributed by atoms with E-state index >= 15 is 0 Å². The molecule has 0 heterocycles. The number of hydrazine groups is 1. The predicted octanol–water partition coefficient (Wildman–Crippen LogP) is 2.18. The molecule has 1 aromatic rings. The van der Waals surface area contributed by atoms with E-state index in [1.54, 1.807) is 21.3 Å². The lowest BCUT2D eigenvalue weighted by atomic mass is 10.0. The summed E-state index contributed by atoms with van der Waals surface area (Å²) in [6.07, 6.45) is 3.54. The fraction of sp³-hybridized carbons (Fsp3) is 0.429. The van der Waals surface area contributed by atoms with Gasteiger partial charge >= 0.3 is 0 Å². The van der Waals surface area contributed by atoms with Crippen molar-refractivity contribution in [1.82, 2.24) is 5.43 Å². The van der Waals surface area contributed by atoms with Crippen LogP contribution in [-0.4, -0.2) is 21.3 Å². The molecule has 0 fully saturated rings. The second-order valence-corrected chi connectivity index (χ2v) is 4.01. The summed E-state index contributed by atoms with van der Waals surface area (Å²) >= 11 is 0. The summed E-state index contributed by atoms with van der Waals surface area (Å²) in [5, 5.41) is 0. The van der Waals surface area contributed by atoms with Crippen LogP contribution in [0.15, 0.2) is 24.8 Å². The van der Waals surface area contributed by atoms with E-state index in [0.717, 1.165) is 18.4 Å². The fourth-order valence-corrected chi connectivity index (χ4v) is 2.01. The summed E-state index contributed by atoms with van der Waals surface area (Å²) in [5.74, 6) is 7.45. The fourth-order valence-electron chi connectivity index (χ4n) is 2.01. The highest BCUT2D eigenvalue weighted by Gasteiger charge is 2.21. The molecule has 1 atom stereocenters. The van der Waals surface area contributed by atoms with Crippen molar-refractivity contribution in [2.45, 2.75) is 18.9 Å². The Morgan fingerprint density at radius 3 is 2.37 bits per heavy atom. The Balaban J connectivity index is 3.21. The van der Waals surface area contributed by atoms with Gasteiger partial charge in [0.05, 0.1) is 27.4 Å². The van der Waals surface area contributed by atoms with E-state index in [9.17, 15) is 0 Å². The first kappa shape index (κ1) is 15.3. The lowest BCUT2D eigenvalue weighted by Gasteiger charge is -2.21. The smallest absolute Gasteiger partial charge is 0.203 e. The van der Waals surface area contributed by atoms with Gasteiger partial charge < -0.3 is 14.2 Å². The van der Waals surface area contributed by atoms with Gasteiger partial charge in [-0.15, -0.1) is 6.58 Å². The second-order valence-electron chi connectivity index (χ2n) is 4.01.